The zero-order valence-corrected chi connectivity index (χ0v) is 9.91. The maximum atomic E-state index is 13.6. The third-order valence-corrected chi connectivity index (χ3v) is 2.70. The van der Waals surface area contributed by atoms with Crippen LogP contribution in [0.5, 0.6) is 0 Å². The molecule has 0 aromatic heterocycles. The molecule has 2 rings (SSSR count). The van der Waals surface area contributed by atoms with Crippen molar-refractivity contribution in [3.05, 3.63) is 65.5 Å². The fourth-order valence-electron chi connectivity index (χ4n) is 1.75. The SMILES string of the molecule is OCC(Nc1ccc(F)cc1)c1cc(F)ccc1F. The first-order valence-corrected chi connectivity index (χ1v) is 5.68. The topological polar surface area (TPSA) is 32.3 Å². The minimum Gasteiger partial charge on any atom is -0.394 e. The summed E-state index contributed by atoms with van der Waals surface area (Å²) in [6.07, 6.45) is 0. The van der Waals surface area contributed by atoms with Crippen molar-refractivity contribution in [2.24, 2.45) is 0 Å². The van der Waals surface area contributed by atoms with Gasteiger partial charge in [-0.05, 0) is 42.5 Å². The van der Waals surface area contributed by atoms with Crippen LogP contribution in [0.15, 0.2) is 42.5 Å². The molecule has 0 spiro atoms. The van der Waals surface area contributed by atoms with Gasteiger partial charge in [0, 0.05) is 11.3 Å². The fraction of sp³-hybridized carbons (Fsp3) is 0.143. The lowest BCUT2D eigenvalue weighted by atomic mass is 10.1. The van der Waals surface area contributed by atoms with E-state index >= 15 is 0 Å². The van der Waals surface area contributed by atoms with Crippen molar-refractivity contribution in [1.82, 2.24) is 0 Å². The molecule has 2 aromatic carbocycles. The van der Waals surface area contributed by atoms with Crippen molar-refractivity contribution in [3.8, 4) is 0 Å². The summed E-state index contributed by atoms with van der Waals surface area (Å²) < 4.78 is 39.5. The Bertz CT molecular complexity index is 557. The van der Waals surface area contributed by atoms with Crippen LogP contribution in [0.1, 0.15) is 11.6 Å². The quantitative estimate of drug-likeness (QED) is 0.891. The Labute approximate surface area is 108 Å². The molecule has 100 valence electrons. The van der Waals surface area contributed by atoms with Crippen LogP contribution >= 0.6 is 0 Å². The number of aliphatic hydroxyl groups excluding tert-OH is 1. The molecule has 0 saturated heterocycles. The second kappa shape index (κ2) is 5.75. The second-order valence-electron chi connectivity index (χ2n) is 4.05. The molecule has 5 heteroatoms. The third kappa shape index (κ3) is 3.26. The van der Waals surface area contributed by atoms with Gasteiger partial charge in [-0.3, -0.25) is 0 Å². The fourth-order valence-corrected chi connectivity index (χ4v) is 1.75. The molecule has 0 amide bonds. The molecular formula is C14H12F3NO. The molecule has 0 heterocycles. The standard InChI is InChI=1S/C14H12F3NO/c15-9-1-4-11(5-2-9)18-14(8-19)12-7-10(16)3-6-13(12)17/h1-7,14,18-19H,8H2. The van der Waals surface area contributed by atoms with Gasteiger partial charge in [-0.15, -0.1) is 0 Å². The highest BCUT2D eigenvalue weighted by atomic mass is 19.1. The molecule has 0 aliphatic rings. The van der Waals surface area contributed by atoms with Gasteiger partial charge < -0.3 is 10.4 Å². The minimum absolute atomic E-state index is 0.0202. The number of anilines is 1. The summed E-state index contributed by atoms with van der Waals surface area (Å²) in [5, 5.41) is 12.1. The molecule has 1 unspecified atom stereocenters. The maximum Gasteiger partial charge on any atom is 0.128 e. The lowest BCUT2D eigenvalue weighted by Gasteiger charge is -2.18. The van der Waals surface area contributed by atoms with Crippen LogP contribution in [0, 0.1) is 17.5 Å². The molecule has 0 aliphatic carbocycles. The van der Waals surface area contributed by atoms with Gasteiger partial charge in [0.2, 0.25) is 0 Å². The first-order chi connectivity index (χ1) is 9.10. The van der Waals surface area contributed by atoms with E-state index in [1.54, 1.807) is 0 Å². The Morgan fingerprint density at radius 1 is 0.947 bits per heavy atom. The molecular weight excluding hydrogens is 255 g/mol. The van der Waals surface area contributed by atoms with Gasteiger partial charge in [-0.2, -0.15) is 0 Å². The molecule has 0 saturated carbocycles. The molecule has 19 heavy (non-hydrogen) atoms. The van der Waals surface area contributed by atoms with Crippen molar-refractivity contribution in [2.45, 2.75) is 6.04 Å². The minimum atomic E-state index is -0.804. The van der Waals surface area contributed by atoms with Crippen LogP contribution in [-0.2, 0) is 0 Å². The zero-order valence-electron chi connectivity index (χ0n) is 9.91. The summed E-state index contributed by atoms with van der Waals surface area (Å²) in [7, 11) is 0. The molecule has 1 atom stereocenters. The van der Waals surface area contributed by atoms with Crippen molar-refractivity contribution in [1.29, 1.82) is 0 Å². The first kappa shape index (κ1) is 13.4. The molecule has 2 aromatic rings. The van der Waals surface area contributed by atoms with E-state index in [0.29, 0.717) is 5.69 Å². The summed E-state index contributed by atoms with van der Waals surface area (Å²) in [5.74, 6) is -1.60. The number of rotatable bonds is 4. The van der Waals surface area contributed by atoms with E-state index in [9.17, 15) is 18.3 Å². The highest BCUT2D eigenvalue weighted by Crippen LogP contribution is 2.22. The molecule has 2 nitrogen and oxygen atoms in total. The summed E-state index contributed by atoms with van der Waals surface area (Å²) in [4.78, 5) is 0. The second-order valence-corrected chi connectivity index (χ2v) is 4.05. The van der Waals surface area contributed by atoms with E-state index in [2.05, 4.69) is 5.32 Å². The Balaban J connectivity index is 2.24. The highest BCUT2D eigenvalue weighted by molar-refractivity contribution is 5.45. The summed E-state index contributed by atoms with van der Waals surface area (Å²) in [5.41, 5.74) is 0.524. The Kier molecular flexibility index (Phi) is 4.06. The number of benzene rings is 2. The van der Waals surface area contributed by atoms with E-state index < -0.39 is 30.1 Å². The van der Waals surface area contributed by atoms with E-state index in [-0.39, 0.29) is 5.56 Å². The Hall–Kier alpha value is -2.01. The van der Waals surface area contributed by atoms with Crippen molar-refractivity contribution in [3.63, 3.8) is 0 Å². The van der Waals surface area contributed by atoms with Crippen LogP contribution in [0.3, 0.4) is 0 Å². The number of hydrogen-bond donors (Lipinski definition) is 2. The number of hydrogen-bond acceptors (Lipinski definition) is 2. The number of aliphatic hydroxyl groups is 1. The van der Waals surface area contributed by atoms with E-state index in [1.165, 1.54) is 24.3 Å². The van der Waals surface area contributed by atoms with E-state index in [0.717, 1.165) is 18.2 Å². The largest absolute Gasteiger partial charge is 0.394 e. The average Bonchev–Trinajstić information content (AvgIpc) is 2.41. The van der Waals surface area contributed by atoms with Crippen molar-refractivity contribution < 1.29 is 18.3 Å². The monoisotopic (exact) mass is 267 g/mol. The van der Waals surface area contributed by atoms with Crippen LogP contribution in [0.25, 0.3) is 0 Å². The van der Waals surface area contributed by atoms with Gasteiger partial charge in [0.15, 0.2) is 0 Å². The number of halogens is 3. The van der Waals surface area contributed by atoms with E-state index in [4.69, 9.17) is 0 Å². The maximum absolute atomic E-state index is 13.6. The van der Waals surface area contributed by atoms with Crippen LogP contribution < -0.4 is 5.32 Å². The van der Waals surface area contributed by atoms with Gasteiger partial charge in [-0.1, -0.05) is 0 Å². The Morgan fingerprint density at radius 2 is 1.58 bits per heavy atom. The van der Waals surface area contributed by atoms with Crippen LogP contribution in [0.4, 0.5) is 18.9 Å². The van der Waals surface area contributed by atoms with Gasteiger partial charge >= 0.3 is 0 Å². The first-order valence-electron chi connectivity index (χ1n) is 5.68. The smallest absolute Gasteiger partial charge is 0.128 e. The predicted octanol–water partition coefficient (Wildman–Crippen LogP) is 3.25. The average molecular weight is 267 g/mol. The molecule has 0 fully saturated rings. The summed E-state index contributed by atoms with van der Waals surface area (Å²) >= 11 is 0. The normalized spacial score (nSPS) is 12.2. The highest BCUT2D eigenvalue weighted by Gasteiger charge is 2.15. The van der Waals surface area contributed by atoms with Crippen molar-refractivity contribution in [2.75, 3.05) is 11.9 Å². The van der Waals surface area contributed by atoms with Gasteiger partial charge in [0.1, 0.15) is 17.5 Å². The molecule has 0 aliphatic heterocycles. The van der Waals surface area contributed by atoms with Crippen LogP contribution in [0.2, 0.25) is 0 Å². The molecule has 0 radical (unpaired) electrons. The lowest BCUT2D eigenvalue weighted by molar-refractivity contribution is 0.273. The van der Waals surface area contributed by atoms with Gasteiger partial charge in [-0.25, -0.2) is 13.2 Å². The van der Waals surface area contributed by atoms with Crippen molar-refractivity contribution >= 4 is 5.69 Å². The third-order valence-electron chi connectivity index (χ3n) is 2.70. The predicted molar refractivity (Wildman–Crippen MR) is 66.2 cm³/mol. The molecule has 0 bridgehead atoms. The zero-order chi connectivity index (χ0) is 13.8. The molecule has 2 N–H and O–H groups in total. The van der Waals surface area contributed by atoms with Crippen LogP contribution in [-0.4, -0.2) is 11.7 Å². The number of nitrogens with one attached hydrogen (secondary N) is 1. The summed E-state index contributed by atoms with van der Waals surface area (Å²) in [6.45, 7) is -0.419. The Morgan fingerprint density at radius 3 is 2.21 bits per heavy atom. The van der Waals surface area contributed by atoms with Gasteiger partial charge in [0.25, 0.3) is 0 Å². The summed E-state index contributed by atoms with van der Waals surface area (Å²) in [6, 6.07) is 7.60. The van der Waals surface area contributed by atoms with E-state index in [1.807, 2.05) is 0 Å². The lowest BCUT2D eigenvalue weighted by Crippen LogP contribution is -2.16. The van der Waals surface area contributed by atoms with Gasteiger partial charge in [0.05, 0.1) is 12.6 Å².